The number of rotatable bonds is 5. The van der Waals surface area contributed by atoms with Crippen molar-refractivity contribution in [3.05, 3.63) is 29.7 Å². The molecule has 104 valence electrons. The lowest BCUT2D eigenvalue weighted by Gasteiger charge is -2.16. The largest absolute Gasteiger partial charge is 0.461 e. The van der Waals surface area contributed by atoms with Crippen LogP contribution < -0.4 is 5.32 Å². The van der Waals surface area contributed by atoms with Crippen molar-refractivity contribution in [2.24, 2.45) is 5.92 Å². The first-order chi connectivity index (χ1) is 8.85. The van der Waals surface area contributed by atoms with Crippen LogP contribution in [0.2, 0.25) is 0 Å². The van der Waals surface area contributed by atoms with Gasteiger partial charge in [0.25, 0.3) is 0 Å². The summed E-state index contributed by atoms with van der Waals surface area (Å²) in [4.78, 5) is 11.5. The van der Waals surface area contributed by atoms with Gasteiger partial charge in [-0.25, -0.2) is 0 Å². The third-order valence-electron chi connectivity index (χ3n) is 3.22. The zero-order valence-electron chi connectivity index (χ0n) is 11.6. The van der Waals surface area contributed by atoms with E-state index in [0.717, 1.165) is 5.76 Å². The molecule has 1 aromatic heterocycles. The van der Waals surface area contributed by atoms with Crippen molar-refractivity contribution in [1.29, 1.82) is 0 Å². The maximum Gasteiger partial charge on any atom is 0.244 e. The average molecular weight is 263 g/mol. The predicted octanol–water partition coefficient (Wildman–Crippen LogP) is 2.30. The molecule has 0 radical (unpaired) electrons. The van der Waals surface area contributed by atoms with E-state index in [9.17, 15) is 9.90 Å². The highest BCUT2D eigenvalue weighted by Gasteiger charge is 2.36. The van der Waals surface area contributed by atoms with Crippen LogP contribution in [-0.2, 0) is 4.79 Å². The van der Waals surface area contributed by atoms with Gasteiger partial charge in [-0.15, -0.1) is 0 Å². The van der Waals surface area contributed by atoms with Gasteiger partial charge in [0.2, 0.25) is 5.91 Å². The number of carbonyl (C=O) groups excluding carboxylic acids is 1. The lowest BCUT2D eigenvalue weighted by molar-refractivity contribution is -0.117. The van der Waals surface area contributed by atoms with Crippen molar-refractivity contribution in [2.45, 2.75) is 38.7 Å². The summed E-state index contributed by atoms with van der Waals surface area (Å²) in [5.41, 5.74) is -0.899. The summed E-state index contributed by atoms with van der Waals surface area (Å²) < 4.78 is 5.66. The van der Waals surface area contributed by atoms with Crippen LogP contribution in [0, 0.1) is 5.92 Å². The maximum absolute atomic E-state index is 11.5. The van der Waals surface area contributed by atoms with Gasteiger partial charge in [0.1, 0.15) is 11.5 Å². The normalized spacial score (nSPS) is 22.7. The predicted molar refractivity (Wildman–Crippen MR) is 73.6 cm³/mol. The summed E-state index contributed by atoms with van der Waals surface area (Å²) in [6.07, 6.45) is 4.25. The van der Waals surface area contributed by atoms with Gasteiger partial charge in [-0.1, -0.05) is 6.92 Å². The minimum Gasteiger partial charge on any atom is -0.461 e. The SMILES string of the molecule is CC1CC1c1ccc(C=CC(=O)NCC(C)(C)O)o1. The second-order valence-corrected chi connectivity index (χ2v) is 5.92. The maximum atomic E-state index is 11.5. The fraction of sp³-hybridized carbons (Fsp3) is 0.533. The lowest BCUT2D eigenvalue weighted by atomic mass is 10.1. The van der Waals surface area contributed by atoms with E-state index in [4.69, 9.17) is 4.42 Å². The average Bonchev–Trinajstić information content (AvgIpc) is 2.88. The molecule has 2 unspecified atom stereocenters. The van der Waals surface area contributed by atoms with Crippen LogP contribution in [-0.4, -0.2) is 23.2 Å². The lowest BCUT2D eigenvalue weighted by Crippen LogP contribution is -2.37. The van der Waals surface area contributed by atoms with Crippen molar-refractivity contribution in [3.63, 3.8) is 0 Å². The third kappa shape index (κ3) is 4.24. The second kappa shape index (κ2) is 5.21. The number of furan rings is 1. The molecule has 0 spiro atoms. The van der Waals surface area contributed by atoms with Gasteiger partial charge in [0.05, 0.1) is 5.60 Å². The molecule has 2 N–H and O–H groups in total. The Morgan fingerprint density at radius 3 is 2.84 bits per heavy atom. The van der Waals surface area contributed by atoms with E-state index in [1.54, 1.807) is 19.9 Å². The minimum absolute atomic E-state index is 0.221. The van der Waals surface area contributed by atoms with Crippen LogP contribution in [0.3, 0.4) is 0 Å². The Hall–Kier alpha value is -1.55. The molecule has 1 heterocycles. The molecular weight excluding hydrogens is 242 g/mol. The van der Waals surface area contributed by atoms with E-state index in [1.165, 1.54) is 12.5 Å². The van der Waals surface area contributed by atoms with Gasteiger partial charge in [0.15, 0.2) is 0 Å². The minimum atomic E-state index is -0.899. The molecule has 0 aromatic carbocycles. The van der Waals surface area contributed by atoms with Crippen LogP contribution in [0.5, 0.6) is 0 Å². The van der Waals surface area contributed by atoms with E-state index in [1.807, 2.05) is 12.1 Å². The van der Waals surface area contributed by atoms with Crippen LogP contribution in [0.1, 0.15) is 44.6 Å². The van der Waals surface area contributed by atoms with E-state index in [0.29, 0.717) is 17.6 Å². The Kier molecular flexibility index (Phi) is 3.80. The highest BCUT2D eigenvalue weighted by atomic mass is 16.3. The zero-order valence-corrected chi connectivity index (χ0v) is 11.6. The fourth-order valence-electron chi connectivity index (χ4n) is 1.90. The Labute approximate surface area is 113 Å². The van der Waals surface area contributed by atoms with Crippen molar-refractivity contribution in [1.82, 2.24) is 5.32 Å². The topological polar surface area (TPSA) is 62.5 Å². The van der Waals surface area contributed by atoms with Crippen LogP contribution in [0.4, 0.5) is 0 Å². The summed E-state index contributed by atoms with van der Waals surface area (Å²) in [6.45, 7) is 5.71. The molecule has 0 aliphatic heterocycles. The fourth-order valence-corrected chi connectivity index (χ4v) is 1.90. The standard InChI is InChI=1S/C15H21NO3/c1-10-8-12(10)13-6-4-11(19-13)5-7-14(17)16-9-15(2,3)18/h4-7,10,12,18H,8-9H2,1-3H3,(H,16,17). The first kappa shape index (κ1) is 13.9. The molecule has 2 atom stereocenters. The van der Waals surface area contributed by atoms with Gasteiger partial charge < -0.3 is 14.8 Å². The molecule has 1 aromatic rings. The molecule has 1 aliphatic carbocycles. The molecule has 4 nitrogen and oxygen atoms in total. The Balaban J connectivity index is 1.84. The first-order valence-corrected chi connectivity index (χ1v) is 6.63. The molecule has 2 rings (SSSR count). The number of amides is 1. The molecule has 19 heavy (non-hydrogen) atoms. The first-order valence-electron chi connectivity index (χ1n) is 6.63. The Morgan fingerprint density at radius 2 is 2.26 bits per heavy atom. The zero-order chi connectivity index (χ0) is 14.0. The van der Waals surface area contributed by atoms with E-state index < -0.39 is 5.60 Å². The molecule has 1 fully saturated rings. The third-order valence-corrected chi connectivity index (χ3v) is 3.22. The van der Waals surface area contributed by atoms with Gasteiger partial charge >= 0.3 is 0 Å². The van der Waals surface area contributed by atoms with Crippen LogP contribution in [0.25, 0.3) is 6.08 Å². The van der Waals surface area contributed by atoms with Crippen LogP contribution >= 0.6 is 0 Å². The smallest absolute Gasteiger partial charge is 0.244 e. The molecule has 1 saturated carbocycles. The number of carbonyl (C=O) groups is 1. The number of hydrogen-bond donors (Lipinski definition) is 2. The van der Waals surface area contributed by atoms with Gasteiger partial charge in [-0.2, -0.15) is 0 Å². The molecule has 0 bridgehead atoms. The number of nitrogens with one attached hydrogen (secondary N) is 1. The van der Waals surface area contributed by atoms with Gasteiger partial charge in [-0.3, -0.25) is 4.79 Å². The highest BCUT2D eigenvalue weighted by Crippen LogP contribution is 2.47. The van der Waals surface area contributed by atoms with Gasteiger partial charge in [-0.05, 0) is 44.4 Å². The quantitative estimate of drug-likeness (QED) is 0.801. The van der Waals surface area contributed by atoms with Crippen molar-refractivity contribution in [3.8, 4) is 0 Å². The summed E-state index contributed by atoms with van der Waals surface area (Å²) in [5.74, 6) is 2.71. The van der Waals surface area contributed by atoms with Crippen molar-refractivity contribution >= 4 is 12.0 Å². The van der Waals surface area contributed by atoms with Gasteiger partial charge in [0, 0.05) is 18.5 Å². The number of hydrogen-bond acceptors (Lipinski definition) is 3. The van der Waals surface area contributed by atoms with E-state index in [-0.39, 0.29) is 12.5 Å². The van der Waals surface area contributed by atoms with E-state index in [2.05, 4.69) is 12.2 Å². The molecule has 1 amide bonds. The summed E-state index contributed by atoms with van der Waals surface area (Å²) >= 11 is 0. The van der Waals surface area contributed by atoms with Crippen molar-refractivity contribution < 1.29 is 14.3 Å². The molecule has 0 saturated heterocycles. The molecule has 4 heteroatoms. The summed E-state index contributed by atoms with van der Waals surface area (Å²) in [6, 6.07) is 3.85. The highest BCUT2D eigenvalue weighted by molar-refractivity contribution is 5.91. The molecule has 1 aliphatic rings. The van der Waals surface area contributed by atoms with Crippen molar-refractivity contribution in [2.75, 3.05) is 6.54 Å². The van der Waals surface area contributed by atoms with E-state index >= 15 is 0 Å². The summed E-state index contributed by atoms with van der Waals surface area (Å²) in [5, 5.41) is 12.1. The molecular formula is C15H21NO3. The second-order valence-electron chi connectivity index (χ2n) is 5.92. The van der Waals surface area contributed by atoms with Crippen LogP contribution in [0.15, 0.2) is 22.6 Å². The summed E-state index contributed by atoms with van der Waals surface area (Å²) in [7, 11) is 0. The number of aliphatic hydroxyl groups is 1. The monoisotopic (exact) mass is 263 g/mol. The Morgan fingerprint density at radius 1 is 1.58 bits per heavy atom. The Bertz CT molecular complexity index is 482.